The summed E-state index contributed by atoms with van der Waals surface area (Å²) in [6, 6.07) is 8.40. The summed E-state index contributed by atoms with van der Waals surface area (Å²) in [5, 5.41) is 1.00. The number of carbonyl (C=O) groups excluding carboxylic acids is 1. The first-order valence-corrected chi connectivity index (χ1v) is 9.16. The number of hydrogen-bond donors (Lipinski definition) is 0. The van der Waals surface area contributed by atoms with E-state index in [1.807, 2.05) is 6.07 Å². The minimum atomic E-state index is -0.437. The van der Waals surface area contributed by atoms with Crippen molar-refractivity contribution >= 4 is 29.1 Å². The first-order valence-electron chi connectivity index (χ1n) is 8.41. The average Bonchev–Trinajstić information content (AvgIpc) is 3.03. The number of ether oxygens (including phenoxy) is 1. The molecule has 26 heavy (non-hydrogen) atoms. The molecule has 1 unspecified atom stereocenters. The van der Waals surface area contributed by atoms with E-state index in [0.717, 1.165) is 12.0 Å². The lowest BCUT2D eigenvalue weighted by molar-refractivity contribution is -0.130. The molecular weight excluding hydrogens is 377 g/mol. The van der Waals surface area contributed by atoms with Crippen molar-refractivity contribution in [1.29, 1.82) is 0 Å². The Bertz CT molecular complexity index is 865. The molecule has 2 aromatic rings. The van der Waals surface area contributed by atoms with Crippen LogP contribution in [0.2, 0.25) is 10.0 Å². The van der Waals surface area contributed by atoms with Crippen LogP contribution in [0.3, 0.4) is 0 Å². The summed E-state index contributed by atoms with van der Waals surface area (Å²) in [4.78, 5) is 25.6. The number of rotatable bonds is 5. The lowest BCUT2D eigenvalue weighted by Gasteiger charge is -2.17. The van der Waals surface area contributed by atoms with Crippen LogP contribution in [0.15, 0.2) is 39.5 Å². The summed E-state index contributed by atoms with van der Waals surface area (Å²) >= 11 is 11.9. The van der Waals surface area contributed by atoms with E-state index in [1.54, 1.807) is 30.0 Å². The van der Waals surface area contributed by atoms with E-state index in [-0.39, 0.29) is 12.0 Å². The molecule has 1 aromatic carbocycles. The zero-order valence-corrected chi connectivity index (χ0v) is 15.8. The lowest BCUT2D eigenvalue weighted by atomic mass is 10.1. The van der Waals surface area contributed by atoms with Crippen molar-refractivity contribution in [2.75, 3.05) is 13.1 Å². The smallest absolute Gasteiger partial charge is 0.339 e. The van der Waals surface area contributed by atoms with Gasteiger partial charge < -0.3 is 14.1 Å². The minimum Gasteiger partial charge on any atom is -0.488 e. The second-order valence-corrected chi connectivity index (χ2v) is 7.15. The Balaban J connectivity index is 1.52. The maximum absolute atomic E-state index is 12.4. The van der Waals surface area contributed by atoms with Gasteiger partial charge in [-0.1, -0.05) is 29.3 Å². The fraction of sp³-hybridized carbons (Fsp3) is 0.368. The van der Waals surface area contributed by atoms with Gasteiger partial charge in [0.05, 0.1) is 22.7 Å². The van der Waals surface area contributed by atoms with Crippen molar-refractivity contribution < 1.29 is 13.9 Å². The highest BCUT2D eigenvalue weighted by Gasteiger charge is 2.27. The molecule has 0 saturated carbocycles. The van der Waals surface area contributed by atoms with Gasteiger partial charge in [0, 0.05) is 25.5 Å². The Morgan fingerprint density at radius 3 is 2.81 bits per heavy atom. The second kappa shape index (κ2) is 8.14. The summed E-state index contributed by atoms with van der Waals surface area (Å²) in [5.41, 5.74) is 0.541. The third-order valence-electron chi connectivity index (χ3n) is 4.28. The molecule has 0 bridgehead atoms. The molecule has 3 rings (SSSR count). The average molecular weight is 396 g/mol. The molecular formula is C19H19Cl2NO4. The second-order valence-electron chi connectivity index (χ2n) is 6.34. The zero-order valence-electron chi connectivity index (χ0n) is 14.3. The molecule has 2 heterocycles. The number of halogens is 2. The van der Waals surface area contributed by atoms with Crippen LogP contribution in [0.25, 0.3) is 0 Å². The Labute approximate surface area is 161 Å². The van der Waals surface area contributed by atoms with Crippen LogP contribution in [0.5, 0.6) is 5.75 Å². The molecule has 1 fully saturated rings. The summed E-state index contributed by atoms with van der Waals surface area (Å²) in [5.74, 6) is 1.06. The Kier molecular flexibility index (Phi) is 5.89. The number of amides is 1. The van der Waals surface area contributed by atoms with Gasteiger partial charge in [-0.2, -0.15) is 0 Å². The van der Waals surface area contributed by atoms with E-state index < -0.39 is 5.63 Å². The predicted molar refractivity (Wildman–Crippen MR) is 100 cm³/mol. The van der Waals surface area contributed by atoms with Crippen molar-refractivity contribution in [2.24, 2.45) is 0 Å². The predicted octanol–water partition coefficient (Wildman–Crippen LogP) is 3.87. The van der Waals surface area contributed by atoms with E-state index in [9.17, 15) is 9.59 Å². The molecule has 1 aliphatic rings. The summed E-state index contributed by atoms with van der Waals surface area (Å²) < 4.78 is 10.7. The molecule has 0 N–H and O–H groups in total. The van der Waals surface area contributed by atoms with Crippen LogP contribution in [0.4, 0.5) is 0 Å². The standard InChI is InChI=1S/C19H19Cl2NO4/c1-12-8-15(10-19(24)25-12)26-14-6-7-22(11-14)18(23)5-3-13-2-4-16(20)17(21)9-13/h2,4,8-10,14H,3,5-7,11H2,1H3. The highest BCUT2D eigenvalue weighted by molar-refractivity contribution is 6.42. The number of likely N-dealkylation sites (tertiary alicyclic amines) is 1. The van der Waals surface area contributed by atoms with E-state index in [2.05, 4.69) is 0 Å². The number of carbonyl (C=O) groups is 1. The van der Waals surface area contributed by atoms with Crippen LogP contribution in [-0.2, 0) is 11.2 Å². The minimum absolute atomic E-state index is 0.0749. The molecule has 0 radical (unpaired) electrons. The first kappa shape index (κ1) is 18.8. The van der Waals surface area contributed by atoms with Gasteiger partial charge >= 0.3 is 5.63 Å². The van der Waals surface area contributed by atoms with E-state index >= 15 is 0 Å². The Morgan fingerprint density at radius 1 is 1.27 bits per heavy atom. The topological polar surface area (TPSA) is 59.8 Å². The van der Waals surface area contributed by atoms with E-state index in [0.29, 0.717) is 47.5 Å². The van der Waals surface area contributed by atoms with Crippen molar-refractivity contribution in [1.82, 2.24) is 4.90 Å². The van der Waals surface area contributed by atoms with Gasteiger partial charge in [-0.15, -0.1) is 0 Å². The molecule has 1 saturated heterocycles. The number of hydrogen-bond acceptors (Lipinski definition) is 4. The van der Waals surface area contributed by atoms with Crippen molar-refractivity contribution in [3.63, 3.8) is 0 Å². The summed E-state index contributed by atoms with van der Waals surface area (Å²) in [7, 11) is 0. The Morgan fingerprint density at radius 2 is 2.08 bits per heavy atom. The third-order valence-corrected chi connectivity index (χ3v) is 5.02. The van der Waals surface area contributed by atoms with Gasteiger partial charge in [0.25, 0.3) is 0 Å². The van der Waals surface area contributed by atoms with Gasteiger partial charge in [0.1, 0.15) is 17.6 Å². The summed E-state index contributed by atoms with van der Waals surface area (Å²) in [6.07, 6.45) is 1.62. The fourth-order valence-corrected chi connectivity index (χ4v) is 3.31. The molecule has 7 heteroatoms. The maximum Gasteiger partial charge on any atom is 0.339 e. The molecule has 0 spiro atoms. The van der Waals surface area contributed by atoms with Gasteiger partial charge in [-0.05, 0) is 31.0 Å². The van der Waals surface area contributed by atoms with Crippen LogP contribution < -0.4 is 10.4 Å². The summed E-state index contributed by atoms with van der Waals surface area (Å²) in [6.45, 7) is 2.85. The normalized spacial score (nSPS) is 16.7. The molecule has 138 valence electrons. The molecule has 1 amide bonds. The quantitative estimate of drug-likeness (QED) is 0.770. The fourth-order valence-electron chi connectivity index (χ4n) is 2.99. The van der Waals surface area contributed by atoms with Crippen molar-refractivity contribution in [3.8, 4) is 5.75 Å². The Hall–Kier alpha value is -1.98. The molecule has 5 nitrogen and oxygen atoms in total. The highest BCUT2D eigenvalue weighted by atomic mass is 35.5. The van der Waals surface area contributed by atoms with Gasteiger partial charge in [0.2, 0.25) is 5.91 Å². The monoisotopic (exact) mass is 395 g/mol. The largest absolute Gasteiger partial charge is 0.488 e. The number of aryl methyl sites for hydroxylation is 2. The highest BCUT2D eigenvalue weighted by Crippen LogP contribution is 2.24. The van der Waals surface area contributed by atoms with Gasteiger partial charge in [-0.25, -0.2) is 4.79 Å². The number of benzene rings is 1. The van der Waals surface area contributed by atoms with Crippen molar-refractivity contribution in [3.05, 3.63) is 62.1 Å². The lowest BCUT2D eigenvalue weighted by Crippen LogP contribution is -2.31. The molecule has 0 aliphatic carbocycles. The molecule has 1 aliphatic heterocycles. The van der Waals surface area contributed by atoms with Gasteiger partial charge in [-0.3, -0.25) is 4.79 Å². The third kappa shape index (κ3) is 4.80. The van der Waals surface area contributed by atoms with Gasteiger partial charge in [0.15, 0.2) is 0 Å². The zero-order chi connectivity index (χ0) is 18.7. The van der Waals surface area contributed by atoms with E-state index in [4.69, 9.17) is 32.4 Å². The number of nitrogens with zero attached hydrogens (tertiary/aromatic N) is 1. The van der Waals surface area contributed by atoms with Crippen LogP contribution in [0, 0.1) is 6.92 Å². The molecule has 1 atom stereocenters. The molecule has 1 aromatic heterocycles. The van der Waals surface area contributed by atoms with Crippen LogP contribution >= 0.6 is 23.2 Å². The maximum atomic E-state index is 12.4. The first-order chi connectivity index (χ1) is 12.4. The van der Waals surface area contributed by atoms with Crippen molar-refractivity contribution in [2.45, 2.75) is 32.3 Å². The SMILES string of the molecule is Cc1cc(OC2CCN(C(=O)CCc3ccc(Cl)c(Cl)c3)C2)cc(=O)o1. The van der Waals surface area contributed by atoms with E-state index in [1.165, 1.54) is 6.07 Å². The van der Waals surface area contributed by atoms with Crippen LogP contribution in [0.1, 0.15) is 24.2 Å². The van der Waals surface area contributed by atoms with Crippen LogP contribution in [-0.4, -0.2) is 30.0 Å².